The predicted octanol–water partition coefficient (Wildman–Crippen LogP) is 0.781. The van der Waals surface area contributed by atoms with Gasteiger partial charge in [0.05, 0.1) is 31.3 Å². The molecule has 1 aromatic heterocycles. The molecule has 0 aliphatic carbocycles. The summed E-state index contributed by atoms with van der Waals surface area (Å²) in [6.45, 7) is 5.83. The van der Waals surface area contributed by atoms with Crippen molar-refractivity contribution in [3.8, 4) is 0 Å². The number of nitrogens with one attached hydrogen (secondary N) is 1. The van der Waals surface area contributed by atoms with Gasteiger partial charge in [-0.1, -0.05) is 6.92 Å². The Kier molecular flexibility index (Phi) is 3.16. The van der Waals surface area contributed by atoms with Gasteiger partial charge in [-0.05, 0) is 6.42 Å². The molecule has 78 valence electrons. The van der Waals surface area contributed by atoms with Crippen molar-refractivity contribution in [2.45, 2.75) is 32.5 Å². The fourth-order valence-corrected chi connectivity index (χ4v) is 1.54. The minimum Gasteiger partial charge on any atom is -0.378 e. The van der Waals surface area contributed by atoms with Crippen LogP contribution < -0.4 is 5.32 Å². The zero-order valence-electron chi connectivity index (χ0n) is 8.57. The Labute approximate surface area is 84.3 Å². The molecular weight excluding hydrogens is 178 g/mol. The van der Waals surface area contributed by atoms with E-state index in [-0.39, 0.29) is 0 Å². The first kappa shape index (κ1) is 9.68. The first-order valence-corrected chi connectivity index (χ1v) is 5.20. The van der Waals surface area contributed by atoms with Crippen molar-refractivity contribution in [3.05, 3.63) is 18.2 Å². The quantitative estimate of drug-likeness (QED) is 0.754. The standard InChI is InChI=1S/C10H17N3O/c1-2-3-13-8-11-4-10(13)5-12-9-6-14-7-9/h4,8-9,12H,2-3,5-7H2,1H3. The van der Waals surface area contributed by atoms with E-state index in [1.165, 1.54) is 5.69 Å². The summed E-state index contributed by atoms with van der Waals surface area (Å²) >= 11 is 0. The van der Waals surface area contributed by atoms with Gasteiger partial charge in [0.2, 0.25) is 0 Å². The van der Waals surface area contributed by atoms with E-state index in [1.54, 1.807) is 0 Å². The van der Waals surface area contributed by atoms with E-state index in [0.29, 0.717) is 6.04 Å². The van der Waals surface area contributed by atoms with Crippen molar-refractivity contribution >= 4 is 0 Å². The molecule has 0 atom stereocenters. The Morgan fingerprint density at radius 2 is 2.50 bits per heavy atom. The largest absolute Gasteiger partial charge is 0.378 e. The second kappa shape index (κ2) is 4.57. The van der Waals surface area contributed by atoms with Gasteiger partial charge in [0.25, 0.3) is 0 Å². The van der Waals surface area contributed by atoms with Gasteiger partial charge in [0.15, 0.2) is 0 Å². The zero-order chi connectivity index (χ0) is 9.80. The number of hydrogen-bond donors (Lipinski definition) is 1. The van der Waals surface area contributed by atoms with Crippen LogP contribution in [0.2, 0.25) is 0 Å². The number of imidazole rings is 1. The van der Waals surface area contributed by atoms with Crippen LogP contribution in [0.3, 0.4) is 0 Å². The van der Waals surface area contributed by atoms with Gasteiger partial charge in [-0.25, -0.2) is 4.98 Å². The number of nitrogens with zero attached hydrogens (tertiary/aromatic N) is 2. The third-order valence-electron chi connectivity index (χ3n) is 2.47. The van der Waals surface area contributed by atoms with Crippen molar-refractivity contribution in [1.82, 2.24) is 14.9 Å². The Morgan fingerprint density at radius 1 is 1.64 bits per heavy atom. The van der Waals surface area contributed by atoms with Crippen molar-refractivity contribution in [1.29, 1.82) is 0 Å². The SMILES string of the molecule is CCCn1cncc1CNC1COC1. The van der Waals surface area contributed by atoms with E-state index in [2.05, 4.69) is 21.8 Å². The fourth-order valence-electron chi connectivity index (χ4n) is 1.54. The lowest BCUT2D eigenvalue weighted by molar-refractivity contribution is -0.00601. The van der Waals surface area contributed by atoms with Crippen LogP contribution in [0, 0.1) is 0 Å². The van der Waals surface area contributed by atoms with Gasteiger partial charge in [-0.15, -0.1) is 0 Å². The van der Waals surface area contributed by atoms with Gasteiger partial charge >= 0.3 is 0 Å². The highest BCUT2D eigenvalue weighted by atomic mass is 16.5. The summed E-state index contributed by atoms with van der Waals surface area (Å²) in [5.41, 5.74) is 1.26. The van der Waals surface area contributed by atoms with Crippen LogP contribution in [0.5, 0.6) is 0 Å². The lowest BCUT2D eigenvalue weighted by atomic mass is 10.2. The third kappa shape index (κ3) is 2.13. The molecule has 0 radical (unpaired) electrons. The summed E-state index contributed by atoms with van der Waals surface area (Å²) in [6.07, 6.45) is 4.98. The number of aromatic nitrogens is 2. The predicted molar refractivity (Wildman–Crippen MR) is 54.0 cm³/mol. The number of aryl methyl sites for hydroxylation is 1. The topological polar surface area (TPSA) is 39.1 Å². The summed E-state index contributed by atoms with van der Waals surface area (Å²) < 4.78 is 7.30. The first-order valence-electron chi connectivity index (χ1n) is 5.20. The Morgan fingerprint density at radius 3 is 3.14 bits per heavy atom. The maximum absolute atomic E-state index is 5.10. The molecule has 0 spiro atoms. The average molecular weight is 195 g/mol. The summed E-state index contributed by atoms with van der Waals surface area (Å²) in [5, 5.41) is 3.43. The summed E-state index contributed by atoms with van der Waals surface area (Å²) in [5.74, 6) is 0. The van der Waals surface area contributed by atoms with E-state index in [1.807, 2.05) is 12.5 Å². The van der Waals surface area contributed by atoms with Crippen LogP contribution >= 0.6 is 0 Å². The molecule has 1 aromatic rings. The zero-order valence-corrected chi connectivity index (χ0v) is 8.57. The van der Waals surface area contributed by atoms with Gasteiger partial charge < -0.3 is 14.6 Å². The molecule has 2 rings (SSSR count). The molecule has 2 heterocycles. The highest BCUT2D eigenvalue weighted by Gasteiger charge is 2.17. The van der Waals surface area contributed by atoms with Crippen LogP contribution in [0.1, 0.15) is 19.0 Å². The summed E-state index contributed by atoms with van der Waals surface area (Å²) in [4.78, 5) is 4.15. The van der Waals surface area contributed by atoms with E-state index >= 15 is 0 Å². The van der Waals surface area contributed by atoms with Crippen molar-refractivity contribution in [3.63, 3.8) is 0 Å². The van der Waals surface area contributed by atoms with Crippen LogP contribution in [0.15, 0.2) is 12.5 Å². The van der Waals surface area contributed by atoms with E-state index < -0.39 is 0 Å². The van der Waals surface area contributed by atoms with Crippen LogP contribution in [0.25, 0.3) is 0 Å². The molecule has 4 nitrogen and oxygen atoms in total. The van der Waals surface area contributed by atoms with E-state index in [4.69, 9.17) is 4.74 Å². The van der Waals surface area contributed by atoms with Crippen molar-refractivity contribution in [2.24, 2.45) is 0 Å². The third-order valence-corrected chi connectivity index (χ3v) is 2.47. The molecule has 1 fully saturated rings. The maximum atomic E-state index is 5.10. The fraction of sp³-hybridized carbons (Fsp3) is 0.700. The van der Waals surface area contributed by atoms with Crippen LogP contribution in [-0.4, -0.2) is 28.8 Å². The van der Waals surface area contributed by atoms with Gasteiger partial charge in [-0.2, -0.15) is 0 Å². The maximum Gasteiger partial charge on any atom is 0.0948 e. The van der Waals surface area contributed by atoms with Gasteiger partial charge in [-0.3, -0.25) is 0 Å². The van der Waals surface area contributed by atoms with Crippen molar-refractivity contribution in [2.75, 3.05) is 13.2 Å². The highest BCUT2D eigenvalue weighted by Crippen LogP contribution is 2.04. The molecule has 1 aliphatic heterocycles. The average Bonchev–Trinajstić information content (AvgIpc) is 2.51. The number of hydrogen-bond acceptors (Lipinski definition) is 3. The van der Waals surface area contributed by atoms with E-state index in [9.17, 15) is 0 Å². The lowest BCUT2D eigenvalue weighted by Gasteiger charge is -2.27. The highest BCUT2D eigenvalue weighted by molar-refractivity contribution is 4.98. The molecule has 0 saturated carbocycles. The van der Waals surface area contributed by atoms with Gasteiger partial charge in [0.1, 0.15) is 0 Å². The molecule has 14 heavy (non-hydrogen) atoms. The Hall–Kier alpha value is -0.870. The second-order valence-electron chi connectivity index (χ2n) is 3.69. The molecule has 1 aliphatic rings. The van der Waals surface area contributed by atoms with Crippen LogP contribution in [-0.2, 0) is 17.8 Å². The molecule has 4 heteroatoms. The molecule has 1 saturated heterocycles. The molecule has 0 bridgehead atoms. The monoisotopic (exact) mass is 195 g/mol. The molecule has 0 unspecified atom stereocenters. The molecule has 0 aromatic carbocycles. The molecule has 1 N–H and O–H groups in total. The molecule has 0 amide bonds. The normalized spacial score (nSPS) is 16.9. The summed E-state index contributed by atoms with van der Waals surface area (Å²) in [6, 6.07) is 0.542. The second-order valence-corrected chi connectivity index (χ2v) is 3.69. The number of ether oxygens (including phenoxy) is 1. The minimum absolute atomic E-state index is 0.542. The van der Waals surface area contributed by atoms with E-state index in [0.717, 1.165) is 32.7 Å². The lowest BCUT2D eigenvalue weighted by Crippen LogP contribution is -2.45. The molecular formula is C10H17N3O. The Bertz CT molecular complexity index is 281. The van der Waals surface area contributed by atoms with Gasteiger partial charge in [0, 0.05) is 19.3 Å². The smallest absolute Gasteiger partial charge is 0.0948 e. The van der Waals surface area contributed by atoms with Crippen molar-refractivity contribution < 1.29 is 4.74 Å². The van der Waals surface area contributed by atoms with Crippen LogP contribution in [0.4, 0.5) is 0 Å². The minimum atomic E-state index is 0.542. The number of rotatable bonds is 5. The summed E-state index contributed by atoms with van der Waals surface area (Å²) in [7, 11) is 0. The Balaban J connectivity index is 1.84. The first-order chi connectivity index (χ1) is 6.90.